The van der Waals surface area contributed by atoms with Crippen LogP contribution in [-0.4, -0.2) is 5.11 Å². The predicted octanol–water partition coefficient (Wildman–Crippen LogP) is 2.33. The highest BCUT2D eigenvalue weighted by Gasteiger charge is 2.02. The van der Waals surface area contributed by atoms with Gasteiger partial charge in [0.25, 0.3) is 0 Å². The van der Waals surface area contributed by atoms with E-state index in [-0.39, 0.29) is 5.75 Å². The molecule has 0 heterocycles. The van der Waals surface area contributed by atoms with Gasteiger partial charge >= 0.3 is 0 Å². The first-order chi connectivity index (χ1) is 5.25. The van der Waals surface area contributed by atoms with E-state index in [1.54, 1.807) is 12.1 Å². The highest BCUT2D eigenvalue weighted by Crippen LogP contribution is 2.25. The molecule has 0 aromatic heterocycles. The van der Waals surface area contributed by atoms with Crippen LogP contribution < -0.4 is 0 Å². The zero-order chi connectivity index (χ0) is 8.27. The molecule has 0 fully saturated rings. The largest absolute Gasteiger partial charge is 0.508 e. The van der Waals surface area contributed by atoms with Crippen LogP contribution in [0.15, 0.2) is 22.7 Å². The van der Waals surface area contributed by atoms with Gasteiger partial charge in [-0.05, 0) is 12.1 Å². The Morgan fingerprint density at radius 2 is 2.27 bits per heavy atom. The molecule has 0 unspecified atom stereocenters. The summed E-state index contributed by atoms with van der Waals surface area (Å²) in [6.45, 7) is 0. The van der Waals surface area contributed by atoms with Crippen LogP contribution in [-0.2, 0) is 6.42 Å². The minimum Gasteiger partial charge on any atom is -0.508 e. The van der Waals surface area contributed by atoms with Crippen molar-refractivity contribution in [2.45, 2.75) is 6.42 Å². The molecule has 1 nitrogen and oxygen atoms in total. The minimum atomic E-state index is 0.248. The average molecular weight is 211 g/mol. The Morgan fingerprint density at radius 1 is 1.55 bits per heavy atom. The number of aromatic hydroxyl groups is 1. The summed E-state index contributed by atoms with van der Waals surface area (Å²) < 4.78 is 0.857. The van der Waals surface area contributed by atoms with Crippen molar-refractivity contribution < 1.29 is 5.11 Å². The van der Waals surface area contributed by atoms with Crippen LogP contribution in [0.25, 0.3) is 0 Å². The van der Waals surface area contributed by atoms with Crippen molar-refractivity contribution in [1.82, 2.24) is 0 Å². The highest BCUT2D eigenvalue weighted by atomic mass is 79.9. The van der Waals surface area contributed by atoms with Crippen molar-refractivity contribution in [3.05, 3.63) is 28.2 Å². The van der Waals surface area contributed by atoms with Crippen LogP contribution in [0.3, 0.4) is 0 Å². The molecule has 0 aliphatic rings. The standard InChI is InChI=1S/C9H7BrO/c1-2-4-7-8(10)5-3-6-9(7)11/h1,3,5-6,11H,4H2. The maximum absolute atomic E-state index is 9.30. The van der Waals surface area contributed by atoms with Crippen LogP contribution in [0.4, 0.5) is 0 Å². The van der Waals surface area contributed by atoms with Crippen molar-refractivity contribution in [3.8, 4) is 18.1 Å². The molecule has 1 aromatic rings. The third-order valence-corrected chi connectivity index (χ3v) is 2.12. The Hall–Kier alpha value is -0.940. The first-order valence-electron chi connectivity index (χ1n) is 3.15. The molecule has 0 aliphatic carbocycles. The number of rotatable bonds is 1. The number of phenolic OH excluding ortho intramolecular Hbond substituents is 1. The fraction of sp³-hybridized carbons (Fsp3) is 0.111. The third-order valence-electron chi connectivity index (χ3n) is 1.37. The molecule has 11 heavy (non-hydrogen) atoms. The molecule has 0 saturated heterocycles. The summed E-state index contributed by atoms with van der Waals surface area (Å²) in [4.78, 5) is 0. The molecule has 0 saturated carbocycles. The zero-order valence-corrected chi connectivity index (χ0v) is 7.43. The highest BCUT2D eigenvalue weighted by molar-refractivity contribution is 9.10. The minimum absolute atomic E-state index is 0.248. The summed E-state index contributed by atoms with van der Waals surface area (Å²) in [6, 6.07) is 5.24. The Bertz CT molecular complexity index is 279. The van der Waals surface area contributed by atoms with E-state index in [0.717, 1.165) is 10.0 Å². The van der Waals surface area contributed by atoms with Crippen LogP contribution >= 0.6 is 15.9 Å². The summed E-state index contributed by atoms with van der Waals surface area (Å²) >= 11 is 3.29. The van der Waals surface area contributed by atoms with Gasteiger partial charge in [-0.1, -0.05) is 22.0 Å². The third kappa shape index (κ3) is 1.75. The van der Waals surface area contributed by atoms with Crippen molar-refractivity contribution >= 4 is 15.9 Å². The molecule has 0 aliphatic heterocycles. The van der Waals surface area contributed by atoms with Crippen LogP contribution in [0.5, 0.6) is 5.75 Å². The lowest BCUT2D eigenvalue weighted by Gasteiger charge is -2.01. The van der Waals surface area contributed by atoms with E-state index in [2.05, 4.69) is 21.9 Å². The van der Waals surface area contributed by atoms with Crippen LogP contribution in [0.2, 0.25) is 0 Å². The number of hydrogen-bond acceptors (Lipinski definition) is 1. The second kappa shape index (κ2) is 3.45. The van der Waals surface area contributed by atoms with E-state index >= 15 is 0 Å². The van der Waals surface area contributed by atoms with Gasteiger partial charge in [0.15, 0.2) is 0 Å². The molecule has 56 valence electrons. The fourth-order valence-corrected chi connectivity index (χ4v) is 1.32. The number of hydrogen-bond donors (Lipinski definition) is 1. The SMILES string of the molecule is C#CCc1c(O)cccc1Br. The fourth-order valence-electron chi connectivity index (χ4n) is 0.824. The number of terminal acetylenes is 1. The summed E-state index contributed by atoms with van der Waals surface area (Å²) in [5, 5.41) is 9.30. The molecule has 0 radical (unpaired) electrons. The summed E-state index contributed by atoms with van der Waals surface area (Å²) in [5.41, 5.74) is 0.773. The van der Waals surface area contributed by atoms with Gasteiger partial charge in [-0.25, -0.2) is 0 Å². The smallest absolute Gasteiger partial charge is 0.120 e. The van der Waals surface area contributed by atoms with Crippen LogP contribution in [0.1, 0.15) is 5.56 Å². The van der Waals surface area contributed by atoms with E-state index in [0.29, 0.717) is 6.42 Å². The topological polar surface area (TPSA) is 20.2 Å². The Kier molecular flexibility index (Phi) is 2.56. The van der Waals surface area contributed by atoms with Gasteiger partial charge < -0.3 is 5.11 Å². The number of halogens is 1. The van der Waals surface area contributed by atoms with Crippen molar-refractivity contribution in [2.75, 3.05) is 0 Å². The second-order valence-corrected chi connectivity index (χ2v) is 2.97. The quantitative estimate of drug-likeness (QED) is 0.706. The lowest BCUT2D eigenvalue weighted by molar-refractivity contribution is 0.469. The van der Waals surface area contributed by atoms with Crippen LogP contribution in [0, 0.1) is 12.3 Å². The van der Waals surface area contributed by atoms with Gasteiger partial charge in [0.2, 0.25) is 0 Å². The first kappa shape index (κ1) is 8.16. The van der Waals surface area contributed by atoms with Gasteiger partial charge in [0.1, 0.15) is 5.75 Å². The first-order valence-corrected chi connectivity index (χ1v) is 3.95. The summed E-state index contributed by atoms with van der Waals surface area (Å²) in [5.74, 6) is 2.72. The normalized spacial score (nSPS) is 9.09. The lowest BCUT2D eigenvalue weighted by atomic mass is 10.1. The van der Waals surface area contributed by atoms with E-state index in [1.807, 2.05) is 6.07 Å². The molecule has 0 amide bonds. The van der Waals surface area contributed by atoms with Gasteiger partial charge in [-0.3, -0.25) is 0 Å². The number of phenols is 1. The van der Waals surface area contributed by atoms with E-state index in [1.165, 1.54) is 0 Å². The Balaban J connectivity index is 3.12. The van der Waals surface area contributed by atoms with E-state index in [4.69, 9.17) is 6.42 Å². The maximum Gasteiger partial charge on any atom is 0.120 e. The molecule has 1 rings (SSSR count). The summed E-state index contributed by atoms with van der Waals surface area (Å²) in [7, 11) is 0. The molecule has 1 aromatic carbocycles. The van der Waals surface area contributed by atoms with Gasteiger partial charge in [-0.15, -0.1) is 12.3 Å². The predicted molar refractivity (Wildman–Crippen MR) is 48.3 cm³/mol. The van der Waals surface area contributed by atoms with Gasteiger partial charge in [0.05, 0.1) is 0 Å². The molecule has 0 atom stereocenters. The molecule has 0 spiro atoms. The van der Waals surface area contributed by atoms with E-state index < -0.39 is 0 Å². The van der Waals surface area contributed by atoms with Crippen molar-refractivity contribution in [2.24, 2.45) is 0 Å². The number of benzene rings is 1. The summed E-state index contributed by atoms with van der Waals surface area (Å²) in [6.07, 6.45) is 5.57. The maximum atomic E-state index is 9.30. The molecule has 2 heteroatoms. The Morgan fingerprint density at radius 3 is 2.82 bits per heavy atom. The van der Waals surface area contributed by atoms with Crippen molar-refractivity contribution in [3.63, 3.8) is 0 Å². The Labute approximate surface area is 74.2 Å². The molecule has 1 N–H and O–H groups in total. The monoisotopic (exact) mass is 210 g/mol. The second-order valence-electron chi connectivity index (χ2n) is 2.12. The molecular weight excluding hydrogens is 204 g/mol. The zero-order valence-electron chi connectivity index (χ0n) is 5.84. The van der Waals surface area contributed by atoms with E-state index in [9.17, 15) is 5.11 Å². The van der Waals surface area contributed by atoms with Crippen molar-refractivity contribution in [1.29, 1.82) is 0 Å². The van der Waals surface area contributed by atoms with Gasteiger partial charge in [-0.2, -0.15) is 0 Å². The molecular formula is C9H7BrO. The molecule has 0 bridgehead atoms. The average Bonchev–Trinajstić information content (AvgIpc) is 1.97. The lowest BCUT2D eigenvalue weighted by Crippen LogP contribution is -1.83. The van der Waals surface area contributed by atoms with Gasteiger partial charge in [0, 0.05) is 16.5 Å².